The second-order valence-corrected chi connectivity index (χ2v) is 6.70. The summed E-state index contributed by atoms with van der Waals surface area (Å²) < 4.78 is 0. The Bertz CT molecular complexity index is 676. The number of benzene rings is 1. The van der Waals surface area contributed by atoms with E-state index in [0.717, 1.165) is 16.1 Å². The van der Waals surface area contributed by atoms with Crippen LogP contribution >= 0.6 is 11.6 Å². The van der Waals surface area contributed by atoms with Crippen LogP contribution < -0.4 is 5.32 Å². The highest BCUT2D eigenvalue weighted by atomic mass is 35.5. The molecule has 128 valence electrons. The van der Waals surface area contributed by atoms with Crippen molar-refractivity contribution in [2.45, 2.75) is 32.2 Å². The van der Waals surface area contributed by atoms with Gasteiger partial charge >= 0.3 is 6.03 Å². The summed E-state index contributed by atoms with van der Waals surface area (Å²) in [7, 11) is 0. The second kappa shape index (κ2) is 6.81. The maximum Gasteiger partial charge on any atom is 0.324 e. The number of carbonyl (C=O) groups is 3. The largest absolute Gasteiger partial charge is 0.341 e. The van der Waals surface area contributed by atoms with Crippen molar-refractivity contribution in [1.82, 2.24) is 15.1 Å². The number of likely N-dealkylation sites (tertiary alicyclic amines) is 1. The molecule has 0 spiro atoms. The van der Waals surface area contributed by atoms with Crippen molar-refractivity contribution in [3.8, 4) is 0 Å². The highest BCUT2D eigenvalue weighted by Gasteiger charge is 2.39. The van der Waals surface area contributed by atoms with Crippen LogP contribution in [0.3, 0.4) is 0 Å². The summed E-state index contributed by atoms with van der Waals surface area (Å²) in [6.07, 6.45) is 1.71. The number of urea groups is 1. The molecule has 1 atom stereocenters. The van der Waals surface area contributed by atoms with Gasteiger partial charge in [0.2, 0.25) is 11.8 Å². The lowest BCUT2D eigenvalue weighted by Crippen LogP contribution is -2.42. The Kier molecular flexibility index (Phi) is 4.76. The van der Waals surface area contributed by atoms with Crippen LogP contribution in [0, 0.1) is 6.92 Å². The summed E-state index contributed by atoms with van der Waals surface area (Å²) in [5.74, 6) is -0.159. The molecular formula is C17H20ClN3O3. The van der Waals surface area contributed by atoms with E-state index in [2.05, 4.69) is 5.32 Å². The minimum absolute atomic E-state index is 0.0529. The molecule has 0 saturated carbocycles. The molecule has 0 bridgehead atoms. The molecule has 1 N–H and O–H groups in total. The van der Waals surface area contributed by atoms with Crippen molar-refractivity contribution in [3.63, 3.8) is 0 Å². The fourth-order valence-electron chi connectivity index (χ4n) is 3.26. The van der Waals surface area contributed by atoms with Gasteiger partial charge in [-0.05, 0) is 37.0 Å². The number of hydrogen-bond donors (Lipinski definition) is 1. The van der Waals surface area contributed by atoms with Gasteiger partial charge in [0.15, 0.2) is 0 Å². The van der Waals surface area contributed by atoms with Crippen molar-refractivity contribution in [2.75, 3.05) is 19.6 Å². The summed E-state index contributed by atoms with van der Waals surface area (Å²) in [5.41, 5.74) is 2.08. The Hall–Kier alpha value is -2.08. The highest BCUT2D eigenvalue weighted by Crippen LogP contribution is 2.20. The molecule has 2 heterocycles. The van der Waals surface area contributed by atoms with E-state index in [0.29, 0.717) is 32.4 Å². The smallest absolute Gasteiger partial charge is 0.324 e. The van der Waals surface area contributed by atoms with Crippen molar-refractivity contribution in [3.05, 3.63) is 34.3 Å². The molecule has 2 saturated heterocycles. The fourth-order valence-corrected chi connectivity index (χ4v) is 3.37. The predicted octanol–water partition coefficient (Wildman–Crippen LogP) is 1.73. The van der Waals surface area contributed by atoms with E-state index in [1.807, 2.05) is 25.1 Å². The Morgan fingerprint density at radius 3 is 2.83 bits per heavy atom. The Morgan fingerprint density at radius 2 is 2.17 bits per heavy atom. The number of carbonyl (C=O) groups excluding carboxylic acids is 3. The van der Waals surface area contributed by atoms with Gasteiger partial charge in [-0.25, -0.2) is 4.79 Å². The molecule has 1 unspecified atom stereocenters. The standard InChI is InChI=1S/C17H20ClN3O3/c1-11-8-12(2-4-14(11)18)3-5-15(22)20-7-6-13(10-20)21-16(23)9-19-17(21)24/h2,4,8,13H,3,5-7,9-10H2,1H3,(H,19,24). The first kappa shape index (κ1) is 16.8. The lowest BCUT2D eigenvalue weighted by molar-refractivity contribution is -0.131. The van der Waals surface area contributed by atoms with Crippen molar-refractivity contribution >= 4 is 29.4 Å². The Balaban J connectivity index is 1.54. The van der Waals surface area contributed by atoms with E-state index in [9.17, 15) is 14.4 Å². The number of amides is 4. The molecule has 1 aromatic rings. The first-order chi connectivity index (χ1) is 11.5. The van der Waals surface area contributed by atoms with Crippen LogP contribution in [0.25, 0.3) is 0 Å². The van der Waals surface area contributed by atoms with Gasteiger partial charge in [0.05, 0.1) is 12.6 Å². The second-order valence-electron chi connectivity index (χ2n) is 6.29. The molecule has 6 nitrogen and oxygen atoms in total. The van der Waals surface area contributed by atoms with Gasteiger partial charge in [0.1, 0.15) is 0 Å². The van der Waals surface area contributed by atoms with E-state index < -0.39 is 0 Å². The average Bonchev–Trinajstić information content (AvgIpc) is 3.15. The first-order valence-corrected chi connectivity index (χ1v) is 8.46. The third-order valence-electron chi connectivity index (χ3n) is 4.61. The number of nitrogens with zero attached hydrogens (tertiary/aromatic N) is 2. The molecular weight excluding hydrogens is 330 g/mol. The van der Waals surface area contributed by atoms with E-state index in [1.165, 1.54) is 4.90 Å². The van der Waals surface area contributed by atoms with E-state index in [-0.39, 0.29) is 30.4 Å². The first-order valence-electron chi connectivity index (χ1n) is 8.08. The summed E-state index contributed by atoms with van der Waals surface area (Å²) in [6, 6.07) is 5.22. The number of rotatable bonds is 4. The molecule has 24 heavy (non-hydrogen) atoms. The van der Waals surface area contributed by atoms with Gasteiger partial charge in [-0.1, -0.05) is 23.7 Å². The molecule has 0 aliphatic carbocycles. The van der Waals surface area contributed by atoms with Crippen LogP contribution in [0.15, 0.2) is 18.2 Å². The van der Waals surface area contributed by atoms with E-state index >= 15 is 0 Å². The average molecular weight is 350 g/mol. The van der Waals surface area contributed by atoms with Crippen LogP contribution in [-0.4, -0.2) is 53.3 Å². The van der Waals surface area contributed by atoms with Gasteiger partial charge in [-0.2, -0.15) is 0 Å². The van der Waals surface area contributed by atoms with Crippen molar-refractivity contribution in [2.24, 2.45) is 0 Å². The SMILES string of the molecule is Cc1cc(CCC(=O)N2CCC(N3C(=O)CNC3=O)C2)ccc1Cl. The maximum atomic E-state index is 12.4. The molecule has 0 radical (unpaired) electrons. The lowest BCUT2D eigenvalue weighted by Gasteiger charge is -2.21. The molecule has 0 aromatic heterocycles. The van der Waals surface area contributed by atoms with Crippen LogP contribution in [0.4, 0.5) is 4.79 Å². The van der Waals surface area contributed by atoms with E-state index in [4.69, 9.17) is 11.6 Å². The van der Waals surface area contributed by atoms with Gasteiger partial charge in [0.25, 0.3) is 0 Å². The molecule has 2 aliphatic heterocycles. The lowest BCUT2D eigenvalue weighted by atomic mass is 10.1. The number of halogens is 1. The van der Waals surface area contributed by atoms with Gasteiger partial charge in [-0.15, -0.1) is 0 Å². The van der Waals surface area contributed by atoms with Gasteiger partial charge < -0.3 is 10.2 Å². The number of aryl methyl sites for hydroxylation is 2. The molecule has 7 heteroatoms. The summed E-state index contributed by atoms with van der Waals surface area (Å²) >= 11 is 6.01. The molecule has 2 fully saturated rings. The van der Waals surface area contributed by atoms with Crippen LogP contribution in [0.5, 0.6) is 0 Å². The minimum atomic E-state index is -0.351. The third kappa shape index (κ3) is 3.38. The van der Waals surface area contributed by atoms with Crippen molar-refractivity contribution < 1.29 is 14.4 Å². The topological polar surface area (TPSA) is 69.7 Å². The monoisotopic (exact) mass is 349 g/mol. The van der Waals surface area contributed by atoms with Gasteiger partial charge in [-0.3, -0.25) is 14.5 Å². The zero-order valence-electron chi connectivity index (χ0n) is 13.5. The Labute approximate surface area is 145 Å². The predicted molar refractivity (Wildman–Crippen MR) is 89.7 cm³/mol. The summed E-state index contributed by atoms with van der Waals surface area (Å²) in [5, 5.41) is 3.24. The van der Waals surface area contributed by atoms with Gasteiger partial charge in [0, 0.05) is 24.5 Å². The minimum Gasteiger partial charge on any atom is -0.341 e. The third-order valence-corrected chi connectivity index (χ3v) is 5.03. The normalized spacial score (nSPS) is 20.7. The number of hydrogen-bond acceptors (Lipinski definition) is 3. The van der Waals surface area contributed by atoms with Crippen molar-refractivity contribution in [1.29, 1.82) is 0 Å². The van der Waals surface area contributed by atoms with E-state index in [1.54, 1.807) is 4.90 Å². The molecule has 4 amide bonds. The van der Waals surface area contributed by atoms with Crippen LogP contribution in [0.1, 0.15) is 24.0 Å². The fraction of sp³-hybridized carbons (Fsp3) is 0.471. The van der Waals surface area contributed by atoms with Crippen LogP contribution in [-0.2, 0) is 16.0 Å². The zero-order chi connectivity index (χ0) is 17.3. The molecule has 2 aliphatic rings. The summed E-state index contributed by atoms with van der Waals surface area (Å²) in [6.45, 7) is 3.01. The number of imide groups is 1. The maximum absolute atomic E-state index is 12.4. The molecule has 1 aromatic carbocycles. The number of nitrogens with one attached hydrogen (secondary N) is 1. The summed E-state index contributed by atoms with van der Waals surface area (Å²) in [4.78, 5) is 38.8. The Morgan fingerprint density at radius 1 is 1.38 bits per heavy atom. The highest BCUT2D eigenvalue weighted by molar-refractivity contribution is 6.31. The zero-order valence-corrected chi connectivity index (χ0v) is 14.3. The quantitative estimate of drug-likeness (QED) is 0.842. The van der Waals surface area contributed by atoms with Crippen LogP contribution in [0.2, 0.25) is 5.02 Å². The molecule has 3 rings (SSSR count).